The molecule has 0 saturated carbocycles. The summed E-state index contributed by atoms with van der Waals surface area (Å²) < 4.78 is 26.9. The average molecular weight is 502 g/mol. The Morgan fingerprint density at radius 1 is 0.559 bits per heavy atom. The van der Waals surface area contributed by atoms with Crippen LogP contribution < -0.4 is 0 Å². The number of ether oxygens (including phenoxy) is 5. The van der Waals surface area contributed by atoms with E-state index in [9.17, 15) is 51.1 Å². The van der Waals surface area contributed by atoms with Gasteiger partial charge in [0.15, 0.2) is 12.6 Å². The zero-order valence-electron chi connectivity index (χ0n) is 18.3. The second kappa shape index (κ2) is 11.6. The highest BCUT2D eigenvalue weighted by atomic mass is 16.7. The maximum atomic E-state index is 10.7. The van der Waals surface area contributed by atoms with Gasteiger partial charge in [-0.15, -0.1) is 0 Å². The first-order chi connectivity index (χ1) is 16.0. The zero-order chi connectivity index (χ0) is 25.3. The molecule has 0 aromatic rings. The second-order valence-corrected chi connectivity index (χ2v) is 8.69. The van der Waals surface area contributed by atoms with Gasteiger partial charge in [-0.3, -0.25) is 0 Å². The molecule has 3 saturated heterocycles. The Morgan fingerprint density at radius 3 is 1.59 bits per heavy atom. The Kier molecular flexibility index (Phi) is 9.57. The Bertz CT molecular complexity index is 637. The van der Waals surface area contributed by atoms with Crippen LogP contribution >= 0.6 is 0 Å². The number of rotatable bonds is 7. The van der Waals surface area contributed by atoms with Gasteiger partial charge in [0.2, 0.25) is 0 Å². The average Bonchev–Trinajstić information content (AvgIpc) is 2.82. The van der Waals surface area contributed by atoms with Crippen molar-refractivity contribution in [1.29, 1.82) is 0 Å². The molecule has 15 heteroatoms. The van der Waals surface area contributed by atoms with Crippen molar-refractivity contribution in [3.05, 3.63) is 0 Å². The summed E-state index contributed by atoms with van der Waals surface area (Å²) in [4.78, 5) is 0. The van der Waals surface area contributed by atoms with E-state index in [1.54, 1.807) is 0 Å². The highest BCUT2D eigenvalue weighted by Crippen LogP contribution is 2.30. The van der Waals surface area contributed by atoms with E-state index in [4.69, 9.17) is 23.7 Å². The number of aliphatic hydroxyl groups excluding tert-OH is 10. The van der Waals surface area contributed by atoms with Gasteiger partial charge in [-0.25, -0.2) is 0 Å². The lowest BCUT2D eigenvalue weighted by Crippen LogP contribution is -2.64. The minimum absolute atomic E-state index is 0.449. The molecule has 0 amide bonds. The Labute approximate surface area is 194 Å². The molecule has 0 aromatic carbocycles. The van der Waals surface area contributed by atoms with Crippen LogP contribution in [0.3, 0.4) is 0 Å². The maximum Gasteiger partial charge on any atom is 0.187 e. The van der Waals surface area contributed by atoms with Gasteiger partial charge < -0.3 is 74.7 Å². The minimum Gasteiger partial charge on any atom is -0.394 e. The number of hydrogen-bond donors (Lipinski definition) is 10. The normalized spacial score (nSPS) is 52.5. The molecule has 3 fully saturated rings. The predicted molar refractivity (Wildman–Crippen MR) is 105 cm³/mol. The molecule has 3 aliphatic rings. The summed E-state index contributed by atoms with van der Waals surface area (Å²) in [5.74, 6) is 0. The molecule has 0 aromatic heterocycles. The monoisotopic (exact) mass is 502 g/mol. The lowest BCUT2D eigenvalue weighted by Gasteiger charge is -2.46. The molecule has 3 aliphatic heterocycles. The van der Waals surface area contributed by atoms with Gasteiger partial charge in [0.1, 0.15) is 73.2 Å². The fourth-order valence-corrected chi connectivity index (χ4v) is 4.15. The first kappa shape index (κ1) is 28.0. The van der Waals surface area contributed by atoms with E-state index in [0.717, 1.165) is 0 Å². The highest BCUT2D eigenvalue weighted by molar-refractivity contribution is 4.95. The molecule has 200 valence electrons. The van der Waals surface area contributed by atoms with Crippen molar-refractivity contribution in [2.24, 2.45) is 0 Å². The minimum atomic E-state index is -1.76. The fourth-order valence-electron chi connectivity index (χ4n) is 4.15. The van der Waals surface area contributed by atoms with Crippen LogP contribution in [-0.2, 0) is 23.7 Å². The maximum absolute atomic E-state index is 10.7. The number of hydrogen-bond acceptors (Lipinski definition) is 15. The molecule has 6 unspecified atom stereocenters. The molecule has 3 rings (SSSR count). The van der Waals surface area contributed by atoms with E-state index >= 15 is 0 Å². The first-order valence-corrected chi connectivity index (χ1v) is 10.9. The predicted octanol–water partition coefficient (Wildman–Crippen LogP) is -6.50. The molecule has 0 spiro atoms. The van der Waals surface area contributed by atoms with E-state index in [-0.39, 0.29) is 0 Å². The standard InChI is InChI=1S/C19H34O15/c1-5-9(22)17(34-19-16(29)14(27)11(24)7(3-21)33-19)12(25)8(31-5)4-30-18-15(28)13(26)10(23)6(2-20)32-18/h5-29H,2-4H2,1H3/t5-,6?,7?,8?,9?,10-,11-,12-,13+,14+,15?,16?,17-,18+,19-/m1/s1. The molecule has 34 heavy (non-hydrogen) atoms. The van der Waals surface area contributed by atoms with Crippen LogP contribution in [0.2, 0.25) is 0 Å². The summed E-state index contributed by atoms with van der Waals surface area (Å²) in [7, 11) is 0. The Hall–Kier alpha value is -0.600. The van der Waals surface area contributed by atoms with E-state index in [1.807, 2.05) is 0 Å². The van der Waals surface area contributed by atoms with Crippen molar-refractivity contribution in [2.75, 3.05) is 19.8 Å². The van der Waals surface area contributed by atoms with Gasteiger partial charge in [-0.1, -0.05) is 0 Å². The Morgan fingerprint density at radius 2 is 1.06 bits per heavy atom. The first-order valence-electron chi connectivity index (χ1n) is 10.9. The van der Waals surface area contributed by atoms with E-state index in [0.29, 0.717) is 0 Å². The summed E-state index contributed by atoms with van der Waals surface area (Å²) in [5.41, 5.74) is 0. The summed E-state index contributed by atoms with van der Waals surface area (Å²) in [5, 5.41) is 99.6. The van der Waals surface area contributed by atoms with Gasteiger partial charge in [0.05, 0.1) is 25.9 Å². The van der Waals surface area contributed by atoms with Crippen molar-refractivity contribution in [3.8, 4) is 0 Å². The summed E-state index contributed by atoms with van der Waals surface area (Å²) in [6, 6.07) is 0. The molecular weight excluding hydrogens is 468 g/mol. The van der Waals surface area contributed by atoms with Gasteiger partial charge >= 0.3 is 0 Å². The molecule has 0 bridgehead atoms. The van der Waals surface area contributed by atoms with Crippen molar-refractivity contribution < 1.29 is 74.7 Å². The SMILES string of the molecule is C[C@H]1OC(CO[C@H]2OC(CO)[C@@H](O)[C@H](O)C2O)[C@@H](O)[C@H](O[C@H]2OC(CO)[C@@H](O)[C@H](O)C2O)C1O. The van der Waals surface area contributed by atoms with Crippen molar-refractivity contribution in [2.45, 2.75) is 98.9 Å². The third-order valence-electron chi connectivity index (χ3n) is 6.34. The molecule has 15 nitrogen and oxygen atoms in total. The second-order valence-electron chi connectivity index (χ2n) is 8.69. The van der Waals surface area contributed by atoms with Crippen LogP contribution in [0.4, 0.5) is 0 Å². The van der Waals surface area contributed by atoms with Crippen LogP contribution in [0.5, 0.6) is 0 Å². The van der Waals surface area contributed by atoms with Crippen LogP contribution in [0.15, 0.2) is 0 Å². The number of aliphatic hydroxyl groups is 10. The van der Waals surface area contributed by atoms with Crippen LogP contribution in [0.25, 0.3) is 0 Å². The smallest absolute Gasteiger partial charge is 0.187 e. The van der Waals surface area contributed by atoms with E-state index < -0.39 is 112 Å². The molecule has 0 aliphatic carbocycles. The molecule has 15 atom stereocenters. The third-order valence-corrected chi connectivity index (χ3v) is 6.34. The van der Waals surface area contributed by atoms with Gasteiger partial charge in [-0.2, -0.15) is 0 Å². The van der Waals surface area contributed by atoms with Crippen LogP contribution in [0.1, 0.15) is 6.92 Å². The van der Waals surface area contributed by atoms with Crippen molar-refractivity contribution in [3.63, 3.8) is 0 Å². The molecular formula is C19H34O15. The zero-order valence-corrected chi connectivity index (χ0v) is 18.3. The molecule has 10 N–H and O–H groups in total. The lowest BCUT2D eigenvalue weighted by atomic mass is 9.94. The van der Waals surface area contributed by atoms with Crippen LogP contribution in [-0.4, -0.2) is 163 Å². The summed E-state index contributed by atoms with van der Waals surface area (Å²) >= 11 is 0. The summed E-state index contributed by atoms with van der Waals surface area (Å²) in [6.45, 7) is -0.349. The van der Waals surface area contributed by atoms with Gasteiger partial charge in [0.25, 0.3) is 0 Å². The van der Waals surface area contributed by atoms with Crippen LogP contribution in [0, 0.1) is 0 Å². The molecule has 0 radical (unpaired) electrons. The van der Waals surface area contributed by atoms with Crippen molar-refractivity contribution >= 4 is 0 Å². The lowest BCUT2D eigenvalue weighted by molar-refractivity contribution is -0.346. The largest absolute Gasteiger partial charge is 0.394 e. The Balaban J connectivity index is 1.65. The molecule has 3 heterocycles. The van der Waals surface area contributed by atoms with Gasteiger partial charge in [-0.05, 0) is 6.92 Å². The van der Waals surface area contributed by atoms with E-state index in [1.165, 1.54) is 6.92 Å². The third kappa shape index (κ3) is 5.54. The van der Waals surface area contributed by atoms with Gasteiger partial charge in [0, 0.05) is 0 Å². The fraction of sp³-hybridized carbons (Fsp3) is 1.00. The van der Waals surface area contributed by atoms with E-state index in [2.05, 4.69) is 0 Å². The topological polar surface area (TPSA) is 248 Å². The quantitative estimate of drug-likeness (QED) is 0.155. The van der Waals surface area contributed by atoms with Crippen molar-refractivity contribution in [1.82, 2.24) is 0 Å². The summed E-state index contributed by atoms with van der Waals surface area (Å²) in [6.07, 6.45) is -22.2. The highest BCUT2D eigenvalue weighted by Gasteiger charge is 2.50.